The molecule has 1 aromatic carbocycles. The van der Waals surface area contributed by atoms with Crippen molar-refractivity contribution in [3.8, 4) is 5.75 Å². The molecule has 0 saturated carbocycles. The van der Waals surface area contributed by atoms with Gasteiger partial charge in [-0.15, -0.1) is 0 Å². The first-order valence-corrected chi connectivity index (χ1v) is 6.92. The SMILES string of the molecule is Oc1c(Cl)cc(Cl)cc1CN1CC2CCC(C1)O2. The van der Waals surface area contributed by atoms with Gasteiger partial charge in [-0.2, -0.15) is 0 Å². The predicted molar refractivity (Wildman–Crippen MR) is 71.3 cm³/mol. The van der Waals surface area contributed by atoms with Crippen LogP contribution >= 0.6 is 23.2 Å². The third-order valence-corrected chi connectivity index (χ3v) is 4.13. The highest BCUT2D eigenvalue weighted by atomic mass is 35.5. The Morgan fingerprint density at radius 3 is 2.56 bits per heavy atom. The van der Waals surface area contributed by atoms with Crippen LogP contribution in [0.4, 0.5) is 0 Å². The molecule has 0 aliphatic carbocycles. The summed E-state index contributed by atoms with van der Waals surface area (Å²) in [7, 11) is 0. The van der Waals surface area contributed by atoms with Crippen LogP contribution in [0.3, 0.4) is 0 Å². The lowest BCUT2D eigenvalue weighted by molar-refractivity contribution is -0.0412. The molecule has 0 spiro atoms. The van der Waals surface area contributed by atoms with Gasteiger partial charge in [-0.05, 0) is 25.0 Å². The molecule has 1 N–H and O–H groups in total. The number of nitrogens with zero attached hydrogens (tertiary/aromatic N) is 1. The van der Waals surface area contributed by atoms with E-state index in [0.717, 1.165) is 31.5 Å². The molecule has 5 heteroatoms. The summed E-state index contributed by atoms with van der Waals surface area (Å²) < 4.78 is 5.79. The first kappa shape index (κ1) is 12.5. The minimum absolute atomic E-state index is 0.139. The maximum Gasteiger partial charge on any atom is 0.138 e. The van der Waals surface area contributed by atoms with E-state index in [1.807, 2.05) is 0 Å². The van der Waals surface area contributed by atoms with E-state index >= 15 is 0 Å². The van der Waals surface area contributed by atoms with Crippen LogP contribution in [0.15, 0.2) is 12.1 Å². The number of ether oxygens (including phenoxy) is 1. The quantitative estimate of drug-likeness (QED) is 0.908. The van der Waals surface area contributed by atoms with Crippen molar-refractivity contribution in [1.82, 2.24) is 4.90 Å². The maximum atomic E-state index is 9.95. The summed E-state index contributed by atoms with van der Waals surface area (Å²) >= 11 is 11.9. The highest BCUT2D eigenvalue weighted by molar-refractivity contribution is 6.35. The highest BCUT2D eigenvalue weighted by Gasteiger charge is 2.33. The molecule has 18 heavy (non-hydrogen) atoms. The van der Waals surface area contributed by atoms with E-state index in [4.69, 9.17) is 27.9 Å². The molecule has 98 valence electrons. The summed E-state index contributed by atoms with van der Waals surface area (Å²) in [5.74, 6) is 0.139. The molecule has 0 radical (unpaired) electrons. The first-order chi connectivity index (χ1) is 8.61. The van der Waals surface area contributed by atoms with Crippen molar-refractivity contribution >= 4 is 23.2 Å². The molecule has 2 atom stereocenters. The van der Waals surface area contributed by atoms with E-state index in [9.17, 15) is 5.11 Å². The van der Waals surface area contributed by atoms with Gasteiger partial charge in [0.2, 0.25) is 0 Å². The Morgan fingerprint density at radius 2 is 1.89 bits per heavy atom. The van der Waals surface area contributed by atoms with Crippen LogP contribution in [0.5, 0.6) is 5.75 Å². The number of hydrogen-bond donors (Lipinski definition) is 1. The van der Waals surface area contributed by atoms with E-state index in [-0.39, 0.29) is 5.75 Å². The van der Waals surface area contributed by atoms with E-state index in [2.05, 4.69) is 4.90 Å². The molecule has 2 heterocycles. The fourth-order valence-electron chi connectivity index (χ4n) is 2.81. The monoisotopic (exact) mass is 287 g/mol. The third kappa shape index (κ3) is 2.45. The van der Waals surface area contributed by atoms with Gasteiger partial charge in [0, 0.05) is 30.2 Å². The smallest absolute Gasteiger partial charge is 0.138 e. The van der Waals surface area contributed by atoms with Gasteiger partial charge in [0.05, 0.1) is 17.2 Å². The number of morpholine rings is 1. The number of aromatic hydroxyl groups is 1. The van der Waals surface area contributed by atoms with Gasteiger partial charge in [-0.25, -0.2) is 0 Å². The summed E-state index contributed by atoms with van der Waals surface area (Å²) in [6.07, 6.45) is 2.98. The molecule has 3 nitrogen and oxygen atoms in total. The van der Waals surface area contributed by atoms with E-state index < -0.39 is 0 Å². The summed E-state index contributed by atoms with van der Waals surface area (Å²) in [6, 6.07) is 3.34. The Labute approximate surface area is 116 Å². The van der Waals surface area contributed by atoms with Gasteiger partial charge >= 0.3 is 0 Å². The number of phenols is 1. The lowest BCUT2D eigenvalue weighted by Gasteiger charge is -2.32. The second-order valence-corrected chi connectivity index (χ2v) is 5.89. The number of rotatable bonds is 2. The van der Waals surface area contributed by atoms with Crippen LogP contribution in [0.1, 0.15) is 18.4 Å². The first-order valence-electron chi connectivity index (χ1n) is 6.16. The van der Waals surface area contributed by atoms with Crippen LogP contribution in [-0.2, 0) is 11.3 Å². The zero-order chi connectivity index (χ0) is 12.7. The Kier molecular flexibility index (Phi) is 3.41. The Bertz CT molecular complexity index is 455. The summed E-state index contributed by atoms with van der Waals surface area (Å²) in [5, 5.41) is 10.8. The van der Waals surface area contributed by atoms with E-state index in [1.54, 1.807) is 12.1 Å². The van der Waals surface area contributed by atoms with Crippen LogP contribution in [0, 0.1) is 0 Å². The van der Waals surface area contributed by atoms with Gasteiger partial charge in [0.15, 0.2) is 0 Å². The summed E-state index contributed by atoms with van der Waals surface area (Å²) in [6.45, 7) is 2.50. The molecule has 2 aliphatic rings. The molecule has 2 aliphatic heterocycles. The average molecular weight is 288 g/mol. The van der Waals surface area contributed by atoms with Gasteiger partial charge in [-0.3, -0.25) is 4.90 Å². The van der Waals surface area contributed by atoms with Crippen molar-refractivity contribution in [3.05, 3.63) is 27.7 Å². The topological polar surface area (TPSA) is 32.7 Å². The molecule has 2 saturated heterocycles. The Hall–Kier alpha value is -0.480. The highest BCUT2D eigenvalue weighted by Crippen LogP contribution is 2.33. The maximum absolute atomic E-state index is 9.95. The number of phenolic OH excluding ortho intramolecular Hbond substituents is 1. The lowest BCUT2D eigenvalue weighted by atomic mass is 10.1. The van der Waals surface area contributed by atoms with Crippen LogP contribution in [0.2, 0.25) is 10.0 Å². The molecular formula is C13H15Cl2NO2. The number of benzene rings is 1. The molecule has 2 unspecified atom stereocenters. The minimum Gasteiger partial charge on any atom is -0.506 e. The zero-order valence-electron chi connectivity index (χ0n) is 9.90. The molecule has 1 aromatic rings. The Morgan fingerprint density at radius 1 is 1.22 bits per heavy atom. The number of likely N-dealkylation sites (tertiary alicyclic amines) is 1. The van der Waals surface area contributed by atoms with Crippen molar-refractivity contribution in [2.75, 3.05) is 13.1 Å². The van der Waals surface area contributed by atoms with Crippen LogP contribution in [-0.4, -0.2) is 35.3 Å². The predicted octanol–water partition coefficient (Wildman–Crippen LogP) is 3.06. The summed E-state index contributed by atoms with van der Waals surface area (Å²) in [5.41, 5.74) is 0.786. The third-order valence-electron chi connectivity index (χ3n) is 3.62. The van der Waals surface area contributed by atoms with Crippen LogP contribution in [0.25, 0.3) is 0 Å². The normalized spacial score (nSPS) is 27.7. The fraction of sp³-hybridized carbons (Fsp3) is 0.538. The number of hydrogen-bond acceptors (Lipinski definition) is 3. The standard InChI is InChI=1S/C13H15Cl2NO2/c14-9-3-8(13(17)12(15)4-9)5-16-6-10-1-2-11(7-16)18-10/h3-4,10-11,17H,1-2,5-7H2. The van der Waals surface area contributed by atoms with E-state index in [1.165, 1.54) is 0 Å². The van der Waals surface area contributed by atoms with Crippen molar-refractivity contribution in [2.24, 2.45) is 0 Å². The second kappa shape index (κ2) is 4.89. The molecule has 3 rings (SSSR count). The Balaban J connectivity index is 1.76. The average Bonchev–Trinajstić information content (AvgIpc) is 2.65. The van der Waals surface area contributed by atoms with Gasteiger partial charge in [0.1, 0.15) is 5.75 Å². The zero-order valence-corrected chi connectivity index (χ0v) is 11.4. The van der Waals surface area contributed by atoms with Crippen molar-refractivity contribution in [3.63, 3.8) is 0 Å². The van der Waals surface area contributed by atoms with Gasteiger partial charge < -0.3 is 9.84 Å². The molecule has 0 aromatic heterocycles. The van der Waals surface area contributed by atoms with E-state index in [0.29, 0.717) is 28.8 Å². The number of fused-ring (bicyclic) bond motifs is 2. The summed E-state index contributed by atoms with van der Waals surface area (Å²) in [4.78, 5) is 2.30. The van der Waals surface area contributed by atoms with Crippen LogP contribution < -0.4 is 0 Å². The lowest BCUT2D eigenvalue weighted by Crippen LogP contribution is -2.41. The second-order valence-electron chi connectivity index (χ2n) is 5.05. The molecule has 2 bridgehead atoms. The molecule has 2 fully saturated rings. The van der Waals surface area contributed by atoms with Crippen molar-refractivity contribution in [1.29, 1.82) is 0 Å². The largest absolute Gasteiger partial charge is 0.506 e. The van der Waals surface area contributed by atoms with Gasteiger partial charge in [-0.1, -0.05) is 23.2 Å². The van der Waals surface area contributed by atoms with Crippen molar-refractivity contribution in [2.45, 2.75) is 31.6 Å². The minimum atomic E-state index is 0.139. The number of halogens is 2. The molecule has 0 amide bonds. The molecular weight excluding hydrogens is 273 g/mol. The van der Waals surface area contributed by atoms with Crippen molar-refractivity contribution < 1.29 is 9.84 Å². The fourth-order valence-corrected chi connectivity index (χ4v) is 3.34. The van der Waals surface area contributed by atoms with Gasteiger partial charge in [0.25, 0.3) is 0 Å².